The number of carbonyl (C=O) groups is 2. The molecule has 0 aromatic heterocycles. The van der Waals surface area contributed by atoms with E-state index in [4.69, 9.17) is 10.2 Å². The van der Waals surface area contributed by atoms with Crippen molar-refractivity contribution in [1.29, 1.82) is 0 Å². The predicted octanol–water partition coefficient (Wildman–Crippen LogP) is 1.57. The lowest BCUT2D eigenvalue weighted by atomic mass is 10.2. The predicted molar refractivity (Wildman–Crippen MR) is 60.3 cm³/mol. The van der Waals surface area contributed by atoms with E-state index in [0.717, 1.165) is 0 Å². The molecule has 16 heavy (non-hydrogen) atoms. The molecule has 0 radical (unpaired) electrons. The number of phenols is 2. The quantitative estimate of drug-likeness (QED) is 0.514. The minimum absolute atomic E-state index is 0. The zero-order valence-electron chi connectivity index (χ0n) is 10.3. The number of benzene rings is 1. The van der Waals surface area contributed by atoms with E-state index in [1.165, 1.54) is 48.6 Å². The molecule has 4 heteroatoms. The van der Waals surface area contributed by atoms with Crippen LogP contribution in [0.1, 0.15) is 2.85 Å². The summed E-state index contributed by atoms with van der Waals surface area (Å²) in [5, 5.41) is 17.3. The molecule has 0 aliphatic heterocycles. The number of rotatable bonds is 0. The highest BCUT2D eigenvalue weighted by atomic mass is 16.3. The molecule has 4 nitrogen and oxygen atoms in total. The van der Waals surface area contributed by atoms with Crippen LogP contribution in [0.3, 0.4) is 0 Å². The molecule has 1 aliphatic rings. The summed E-state index contributed by atoms with van der Waals surface area (Å²) in [6.07, 6.45) is 5.01. The van der Waals surface area contributed by atoms with Crippen molar-refractivity contribution < 1.29 is 22.7 Å². The van der Waals surface area contributed by atoms with Crippen LogP contribution in [0.2, 0.25) is 0 Å². The average molecular weight is 220 g/mol. The molecule has 0 saturated heterocycles. The van der Waals surface area contributed by atoms with Crippen LogP contribution >= 0.6 is 0 Å². The lowest BCUT2D eigenvalue weighted by molar-refractivity contribution is -0.113. The van der Waals surface area contributed by atoms with Gasteiger partial charge in [-0.05, 0) is 48.6 Å². The van der Waals surface area contributed by atoms with Crippen molar-refractivity contribution in [3.63, 3.8) is 0 Å². The van der Waals surface area contributed by atoms with Crippen LogP contribution in [0.15, 0.2) is 48.6 Å². The van der Waals surface area contributed by atoms with Gasteiger partial charge in [-0.25, -0.2) is 0 Å². The van der Waals surface area contributed by atoms with E-state index >= 15 is 0 Å². The molecule has 82 valence electrons. The van der Waals surface area contributed by atoms with Gasteiger partial charge in [-0.15, -0.1) is 0 Å². The topological polar surface area (TPSA) is 74.6 Å². The molecule has 0 spiro atoms. The third kappa shape index (κ3) is 4.23. The summed E-state index contributed by atoms with van der Waals surface area (Å²) in [6, 6.07) is 5.70. The Balaban J connectivity index is 0. The van der Waals surface area contributed by atoms with E-state index in [-0.39, 0.29) is 25.9 Å². The van der Waals surface area contributed by atoms with Gasteiger partial charge in [0, 0.05) is 0 Å². The monoisotopic (exact) mass is 220 g/mol. The first-order valence-electron chi connectivity index (χ1n) is 4.50. The van der Waals surface area contributed by atoms with Crippen molar-refractivity contribution in [2.75, 3.05) is 0 Å². The molecule has 0 saturated carbocycles. The molecule has 0 bridgehead atoms. The van der Waals surface area contributed by atoms with Gasteiger partial charge >= 0.3 is 2.85 Å². The van der Waals surface area contributed by atoms with Crippen molar-refractivity contribution in [2.24, 2.45) is 0 Å². The summed E-state index contributed by atoms with van der Waals surface area (Å²) in [4.78, 5) is 20.6. The summed E-state index contributed by atoms with van der Waals surface area (Å²) in [7, 11) is 0. The van der Waals surface area contributed by atoms with Crippen molar-refractivity contribution >= 4 is 11.6 Å². The van der Waals surface area contributed by atoms with Crippen molar-refractivity contribution in [1.82, 2.24) is 0 Å². The third-order valence-electron chi connectivity index (χ3n) is 1.67. The Morgan fingerprint density at radius 1 is 0.688 bits per heavy atom. The van der Waals surface area contributed by atoms with Crippen LogP contribution in [-0.4, -0.2) is 21.8 Å². The maximum atomic E-state index is 10.3. The van der Waals surface area contributed by atoms with Crippen LogP contribution in [0.5, 0.6) is 11.5 Å². The zero-order chi connectivity index (χ0) is 12.0. The Bertz CT molecular complexity index is 391. The lowest BCUT2D eigenvalue weighted by Crippen LogP contribution is -1.97. The SMILES string of the molecule is O=C1C=CC(=O)C=C1.Oc1ccc(O)cc1.[H+].[H+]. The summed E-state index contributed by atoms with van der Waals surface area (Å²) < 4.78 is 0. The summed E-state index contributed by atoms with van der Waals surface area (Å²) >= 11 is 0. The smallest absolute Gasteiger partial charge is 0.508 e. The molecule has 1 aromatic carbocycles. The highest BCUT2D eigenvalue weighted by molar-refractivity contribution is 6.14. The maximum absolute atomic E-state index is 10.3. The van der Waals surface area contributed by atoms with Crippen molar-refractivity contribution in [3.05, 3.63) is 48.6 Å². The fourth-order valence-electron chi connectivity index (χ4n) is 0.892. The minimum atomic E-state index is -0.121. The number of hydrogen-bond acceptors (Lipinski definition) is 4. The standard InChI is InChI=1S/C6H6O2.C6H4O2/c2*7-5-1-2-6(8)4-3-5/h1-4,7-8H;1-4H/p+2. The molecule has 0 amide bonds. The van der Waals surface area contributed by atoms with Crippen LogP contribution in [0.25, 0.3) is 0 Å². The van der Waals surface area contributed by atoms with Gasteiger partial charge in [0.25, 0.3) is 0 Å². The number of phenolic OH excluding ortho intramolecular Hbond substituents is 2. The molecule has 0 fully saturated rings. The second-order valence-corrected chi connectivity index (χ2v) is 2.99. The number of allylic oxidation sites excluding steroid dienone is 4. The second kappa shape index (κ2) is 5.50. The van der Waals surface area contributed by atoms with Crippen molar-refractivity contribution in [2.45, 2.75) is 0 Å². The number of ketones is 2. The van der Waals surface area contributed by atoms with Gasteiger partial charge < -0.3 is 10.2 Å². The molecule has 0 heterocycles. The lowest BCUT2D eigenvalue weighted by Gasteiger charge is -1.88. The van der Waals surface area contributed by atoms with Crippen LogP contribution in [0.4, 0.5) is 0 Å². The third-order valence-corrected chi connectivity index (χ3v) is 1.67. The summed E-state index contributed by atoms with van der Waals surface area (Å²) in [6.45, 7) is 0. The zero-order valence-corrected chi connectivity index (χ0v) is 8.33. The van der Waals surface area contributed by atoms with Crippen LogP contribution < -0.4 is 0 Å². The van der Waals surface area contributed by atoms with E-state index < -0.39 is 0 Å². The summed E-state index contributed by atoms with van der Waals surface area (Å²) in [5.41, 5.74) is 0. The first-order valence-corrected chi connectivity index (χ1v) is 4.50. The molecule has 1 aromatic rings. The van der Waals surface area contributed by atoms with Gasteiger partial charge in [0.2, 0.25) is 0 Å². The molecule has 2 N–H and O–H groups in total. The van der Waals surface area contributed by atoms with E-state index in [1.54, 1.807) is 0 Å². The van der Waals surface area contributed by atoms with Crippen LogP contribution in [-0.2, 0) is 9.59 Å². The Labute approximate surface area is 95.1 Å². The van der Waals surface area contributed by atoms with E-state index in [2.05, 4.69) is 0 Å². The Hall–Kier alpha value is -2.36. The Morgan fingerprint density at radius 3 is 1.19 bits per heavy atom. The molecular formula is C12H12O4+2. The first kappa shape index (κ1) is 11.7. The summed E-state index contributed by atoms with van der Waals surface area (Å²) in [5.74, 6) is 0.0970. The molecular weight excluding hydrogens is 208 g/mol. The highest BCUT2D eigenvalue weighted by Gasteiger charge is 1.97. The largest absolute Gasteiger partial charge is 1.00 e. The average Bonchev–Trinajstić information content (AvgIpc) is 2.28. The van der Waals surface area contributed by atoms with Crippen molar-refractivity contribution in [3.8, 4) is 11.5 Å². The van der Waals surface area contributed by atoms with Crippen LogP contribution in [0, 0.1) is 0 Å². The fourth-order valence-corrected chi connectivity index (χ4v) is 0.892. The molecule has 0 unspecified atom stereocenters. The van der Waals surface area contributed by atoms with Gasteiger partial charge in [-0.2, -0.15) is 0 Å². The number of aromatic hydroxyl groups is 2. The second-order valence-electron chi connectivity index (χ2n) is 2.99. The highest BCUT2D eigenvalue weighted by Crippen LogP contribution is 2.13. The normalized spacial score (nSPS) is 13.2. The molecule has 1 aliphatic carbocycles. The minimum Gasteiger partial charge on any atom is -0.508 e. The Kier molecular flexibility index (Phi) is 4.03. The number of hydrogen-bond donors (Lipinski definition) is 2. The Morgan fingerprint density at radius 2 is 0.938 bits per heavy atom. The van der Waals surface area contributed by atoms with E-state index in [1.807, 2.05) is 0 Å². The van der Waals surface area contributed by atoms with Gasteiger partial charge in [0.1, 0.15) is 11.5 Å². The molecule has 2 rings (SSSR count). The number of carbonyl (C=O) groups excluding carboxylic acids is 2. The molecule has 0 atom stereocenters. The van der Waals surface area contributed by atoms with Gasteiger partial charge in [-0.3, -0.25) is 9.59 Å². The first-order chi connectivity index (χ1) is 7.58. The van der Waals surface area contributed by atoms with E-state index in [9.17, 15) is 9.59 Å². The van der Waals surface area contributed by atoms with E-state index in [0.29, 0.717) is 0 Å². The fraction of sp³-hybridized carbons (Fsp3) is 0. The van der Waals surface area contributed by atoms with Gasteiger partial charge in [0.15, 0.2) is 11.6 Å². The van der Waals surface area contributed by atoms with Gasteiger partial charge in [-0.1, -0.05) is 0 Å². The van der Waals surface area contributed by atoms with Gasteiger partial charge in [0.05, 0.1) is 0 Å². The maximum Gasteiger partial charge on any atom is 1.00 e.